The van der Waals surface area contributed by atoms with Crippen molar-refractivity contribution in [1.29, 1.82) is 0 Å². The number of hydrogen-bond acceptors (Lipinski definition) is 6. The fourth-order valence-corrected chi connectivity index (χ4v) is 6.42. The molecule has 0 saturated carbocycles. The molecule has 6 nitrogen and oxygen atoms in total. The number of anilines is 2. The van der Waals surface area contributed by atoms with Gasteiger partial charge in [0.15, 0.2) is 0 Å². The van der Waals surface area contributed by atoms with Crippen LogP contribution in [-0.4, -0.2) is 30.1 Å². The lowest BCUT2D eigenvalue weighted by atomic mass is 9.95. The van der Waals surface area contributed by atoms with E-state index < -0.39 is 11.2 Å². The summed E-state index contributed by atoms with van der Waals surface area (Å²) in [7, 11) is 1.36. The molecule has 0 aliphatic heterocycles. The molecule has 0 fully saturated rings. The molecule has 188 valence electrons. The molecule has 1 aliphatic rings. The van der Waals surface area contributed by atoms with Crippen LogP contribution in [0.1, 0.15) is 46.1 Å². The van der Waals surface area contributed by atoms with Gasteiger partial charge >= 0.3 is 5.97 Å². The summed E-state index contributed by atoms with van der Waals surface area (Å²) in [6, 6.07) is 14.6. The van der Waals surface area contributed by atoms with E-state index >= 15 is 0 Å². The van der Waals surface area contributed by atoms with Crippen LogP contribution in [0.4, 0.5) is 10.7 Å². The molecule has 1 aliphatic carbocycles. The zero-order valence-electron chi connectivity index (χ0n) is 20.1. The lowest BCUT2D eigenvalue weighted by Crippen LogP contribution is -2.23. The molecule has 3 aromatic rings. The van der Waals surface area contributed by atoms with Gasteiger partial charge in [0, 0.05) is 20.5 Å². The van der Waals surface area contributed by atoms with Crippen molar-refractivity contribution >= 4 is 63.2 Å². The first-order valence-corrected chi connectivity index (χ1v) is 13.8. The fourth-order valence-electron chi connectivity index (χ4n) is 4.08. The minimum absolute atomic E-state index is 0.137. The highest BCUT2D eigenvalue weighted by atomic mass is 35.5. The molecule has 9 heteroatoms. The molecule has 0 saturated heterocycles. The van der Waals surface area contributed by atoms with Gasteiger partial charge in [0.2, 0.25) is 11.8 Å². The van der Waals surface area contributed by atoms with Crippen molar-refractivity contribution in [3.8, 4) is 0 Å². The summed E-state index contributed by atoms with van der Waals surface area (Å²) in [5, 5.41) is 6.64. The van der Waals surface area contributed by atoms with Gasteiger partial charge in [-0.25, -0.2) is 4.79 Å². The van der Waals surface area contributed by atoms with Crippen molar-refractivity contribution in [3.05, 3.63) is 75.1 Å². The second kappa shape index (κ2) is 12.0. The predicted molar refractivity (Wildman–Crippen MR) is 146 cm³/mol. The van der Waals surface area contributed by atoms with Crippen molar-refractivity contribution in [2.75, 3.05) is 17.7 Å². The number of amides is 2. The number of carbonyl (C=O) groups is 3. The van der Waals surface area contributed by atoms with E-state index in [-0.39, 0.29) is 18.2 Å². The van der Waals surface area contributed by atoms with Crippen LogP contribution in [0.15, 0.2) is 53.4 Å². The summed E-state index contributed by atoms with van der Waals surface area (Å²) in [6.07, 6.45) is 4.09. The average Bonchev–Trinajstić information content (AvgIpc) is 3.23. The zero-order chi connectivity index (χ0) is 25.7. The number of fused-ring (bicyclic) bond motifs is 1. The van der Waals surface area contributed by atoms with E-state index in [0.29, 0.717) is 21.3 Å². The maximum absolute atomic E-state index is 13.0. The van der Waals surface area contributed by atoms with Crippen LogP contribution in [0.25, 0.3) is 0 Å². The smallest absolute Gasteiger partial charge is 0.341 e. The summed E-state index contributed by atoms with van der Waals surface area (Å²) in [5.74, 6) is -0.741. The third-order valence-corrected chi connectivity index (χ3v) is 8.43. The molecule has 0 spiro atoms. The van der Waals surface area contributed by atoms with E-state index in [1.807, 2.05) is 43.3 Å². The van der Waals surface area contributed by atoms with Crippen molar-refractivity contribution in [1.82, 2.24) is 0 Å². The third kappa shape index (κ3) is 6.49. The second-order valence-electron chi connectivity index (χ2n) is 8.54. The van der Waals surface area contributed by atoms with Gasteiger partial charge in [0.05, 0.1) is 24.3 Å². The highest BCUT2D eigenvalue weighted by Crippen LogP contribution is 2.39. The second-order valence-corrected chi connectivity index (χ2v) is 11.5. The average molecular weight is 543 g/mol. The highest BCUT2D eigenvalue weighted by molar-refractivity contribution is 8.00. The molecule has 2 aromatic carbocycles. The minimum atomic E-state index is -0.422. The first kappa shape index (κ1) is 26.3. The summed E-state index contributed by atoms with van der Waals surface area (Å²) >= 11 is 8.76. The van der Waals surface area contributed by atoms with Crippen LogP contribution in [0.3, 0.4) is 0 Å². The van der Waals surface area contributed by atoms with Crippen LogP contribution >= 0.6 is 34.7 Å². The van der Waals surface area contributed by atoms with Crippen molar-refractivity contribution in [2.24, 2.45) is 0 Å². The number of benzene rings is 2. The Morgan fingerprint density at radius 2 is 1.83 bits per heavy atom. The number of ether oxygens (including phenoxy) is 1. The van der Waals surface area contributed by atoms with E-state index in [2.05, 4.69) is 10.6 Å². The molecular formula is C27H27ClN2O4S2. The molecule has 1 heterocycles. The number of methoxy groups -OCH3 is 1. The highest BCUT2D eigenvalue weighted by Gasteiger charge is 2.28. The van der Waals surface area contributed by atoms with Gasteiger partial charge in [-0.1, -0.05) is 29.8 Å². The molecule has 1 atom stereocenters. The van der Waals surface area contributed by atoms with E-state index in [1.54, 1.807) is 12.1 Å². The number of halogens is 1. The maximum atomic E-state index is 13.0. The van der Waals surface area contributed by atoms with Crippen LogP contribution in [0, 0.1) is 0 Å². The number of esters is 1. The van der Waals surface area contributed by atoms with E-state index in [0.717, 1.165) is 46.6 Å². The largest absolute Gasteiger partial charge is 0.465 e. The Hall–Kier alpha value is -2.81. The van der Waals surface area contributed by atoms with E-state index in [1.165, 1.54) is 30.2 Å². The molecule has 1 unspecified atom stereocenters. The van der Waals surface area contributed by atoms with Gasteiger partial charge in [-0.3, -0.25) is 9.59 Å². The lowest BCUT2D eigenvalue weighted by Gasteiger charge is -2.14. The summed E-state index contributed by atoms with van der Waals surface area (Å²) in [5.41, 5.74) is 3.03. The Morgan fingerprint density at radius 1 is 1.08 bits per heavy atom. The quantitative estimate of drug-likeness (QED) is 0.255. The number of thiophene rings is 1. The number of aryl methyl sites for hydroxylation is 1. The normalized spacial score (nSPS) is 13.4. The van der Waals surface area contributed by atoms with Gasteiger partial charge in [0.1, 0.15) is 5.00 Å². The van der Waals surface area contributed by atoms with Crippen LogP contribution < -0.4 is 10.6 Å². The van der Waals surface area contributed by atoms with Gasteiger partial charge in [-0.2, -0.15) is 0 Å². The lowest BCUT2D eigenvalue weighted by molar-refractivity contribution is -0.116. The SMILES string of the molecule is COC(=O)c1c(NC(=O)C(C)Sc2cccc(NC(=O)Cc3ccc(Cl)cc3)c2)sc2c1CCCC2. The summed E-state index contributed by atoms with van der Waals surface area (Å²) < 4.78 is 5.00. The number of nitrogens with one attached hydrogen (secondary N) is 2. The molecule has 2 N–H and O–H groups in total. The topological polar surface area (TPSA) is 84.5 Å². The first-order valence-electron chi connectivity index (χ1n) is 11.7. The Kier molecular flexibility index (Phi) is 8.72. The number of hydrogen-bond donors (Lipinski definition) is 2. The Balaban J connectivity index is 1.39. The van der Waals surface area contributed by atoms with E-state index in [9.17, 15) is 14.4 Å². The van der Waals surface area contributed by atoms with Crippen molar-refractivity contribution in [2.45, 2.75) is 49.2 Å². The molecule has 2 amide bonds. The summed E-state index contributed by atoms with van der Waals surface area (Å²) in [6.45, 7) is 1.82. The third-order valence-electron chi connectivity index (χ3n) is 5.88. The van der Waals surface area contributed by atoms with Gasteiger partial charge in [0.25, 0.3) is 0 Å². The maximum Gasteiger partial charge on any atom is 0.341 e. The summed E-state index contributed by atoms with van der Waals surface area (Å²) in [4.78, 5) is 39.9. The van der Waals surface area contributed by atoms with Crippen LogP contribution in [0.5, 0.6) is 0 Å². The molecule has 0 radical (unpaired) electrons. The van der Waals surface area contributed by atoms with Gasteiger partial charge < -0.3 is 15.4 Å². The minimum Gasteiger partial charge on any atom is -0.465 e. The number of rotatable bonds is 8. The van der Waals surface area contributed by atoms with Crippen molar-refractivity contribution in [3.63, 3.8) is 0 Å². The molecule has 1 aromatic heterocycles. The Labute approximate surface area is 223 Å². The standard InChI is InChI=1S/C27H27ClN2O4S2/c1-16(25(32)30-26-24(27(33)34-2)21-8-3-4-9-22(21)36-26)35-20-7-5-6-19(15-20)29-23(31)14-17-10-12-18(28)13-11-17/h5-7,10-13,15-16H,3-4,8-9,14H2,1-2H3,(H,29,31)(H,30,32). The van der Waals surface area contributed by atoms with Crippen molar-refractivity contribution < 1.29 is 19.1 Å². The fraction of sp³-hybridized carbons (Fsp3) is 0.296. The molecular weight excluding hydrogens is 516 g/mol. The molecule has 0 bridgehead atoms. The number of thioether (sulfide) groups is 1. The van der Waals surface area contributed by atoms with Gasteiger partial charge in [-0.15, -0.1) is 23.1 Å². The van der Waals surface area contributed by atoms with Crippen LogP contribution in [0.2, 0.25) is 5.02 Å². The number of carbonyl (C=O) groups excluding carboxylic acids is 3. The molecule has 4 rings (SSSR count). The van der Waals surface area contributed by atoms with Crippen LogP contribution in [-0.2, 0) is 33.6 Å². The van der Waals surface area contributed by atoms with E-state index in [4.69, 9.17) is 16.3 Å². The first-order chi connectivity index (χ1) is 17.3. The van der Waals surface area contributed by atoms with Gasteiger partial charge in [-0.05, 0) is 74.1 Å². The zero-order valence-corrected chi connectivity index (χ0v) is 22.4. The Bertz CT molecular complexity index is 1270. The molecule has 36 heavy (non-hydrogen) atoms. The predicted octanol–water partition coefficient (Wildman–Crippen LogP) is 6.37. The monoisotopic (exact) mass is 542 g/mol. The Morgan fingerprint density at radius 3 is 2.58 bits per heavy atom.